The van der Waals surface area contributed by atoms with E-state index in [1.807, 2.05) is 37.3 Å². The van der Waals surface area contributed by atoms with Gasteiger partial charge < -0.3 is 14.6 Å². The molecule has 0 saturated carbocycles. The van der Waals surface area contributed by atoms with Gasteiger partial charge in [-0.3, -0.25) is 9.78 Å². The van der Waals surface area contributed by atoms with Crippen molar-refractivity contribution in [1.29, 1.82) is 0 Å². The summed E-state index contributed by atoms with van der Waals surface area (Å²) in [5, 5.41) is 4.09. The van der Waals surface area contributed by atoms with Crippen molar-refractivity contribution in [2.24, 2.45) is 0 Å². The van der Waals surface area contributed by atoms with Crippen LogP contribution in [0.1, 0.15) is 33.5 Å². The Morgan fingerprint density at radius 1 is 1.24 bits per heavy atom. The molecule has 4 rings (SSSR count). The zero-order valence-electron chi connectivity index (χ0n) is 13.6. The van der Waals surface area contributed by atoms with Crippen LogP contribution in [0.4, 0.5) is 5.69 Å². The van der Waals surface area contributed by atoms with E-state index in [0.717, 1.165) is 17.0 Å². The van der Waals surface area contributed by atoms with E-state index in [-0.39, 0.29) is 12.1 Å². The molecular formula is C19H16ClN3O2. The van der Waals surface area contributed by atoms with Crippen LogP contribution < -0.4 is 5.32 Å². The number of halogens is 1. The molecule has 1 aliphatic rings. The fourth-order valence-corrected chi connectivity index (χ4v) is 3.20. The second-order valence-corrected chi connectivity index (χ2v) is 6.32. The molecule has 3 heterocycles. The molecular weight excluding hydrogens is 338 g/mol. The molecule has 1 amide bonds. The maximum absolute atomic E-state index is 12.9. The van der Waals surface area contributed by atoms with E-state index in [1.165, 1.54) is 0 Å². The number of fused-ring (bicyclic) bond motifs is 1. The highest BCUT2D eigenvalue weighted by Crippen LogP contribution is 2.35. The Morgan fingerprint density at radius 3 is 2.92 bits per heavy atom. The van der Waals surface area contributed by atoms with Crippen molar-refractivity contribution in [3.8, 4) is 0 Å². The van der Waals surface area contributed by atoms with Crippen molar-refractivity contribution in [2.75, 3.05) is 5.32 Å². The summed E-state index contributed by atoms with van der Waals surface area (Å²) in [4.78, 5) is 19.0. The van der Waals surface area contributed by atoms with Crippen LogP contribution in [0.2, 0.25) is 5.02 Å². The lowest BCUT2D eigenvalue weighted by Gasteiger charge is -2.26. The highest BCUT2D eigenvalue weighted by atomic mass is 35.5. The first-order chi connectivity index (χ1) is 12.1. The number of nitrogens with zero attached hydrogens (tertiary/aromatic N) is 2. The van der Waals surface area contributed by atoms with Crippen molar-refractivity contribution in [2.45, 2.75) is 19.6 Å². The fourth-order valence-electron chi connectivity index (χ4n) is 3.03. The van der Waals surface area contributed by atoms with E-state index in [0.29, 0.717) is 22.8 Å². The number of benzene rings is 1. The topological polar surface area (TPSA) is 58.4 Å². The van der Waals surface area contributed by atoms with Gasteiger partial charge in [-0.15, -0.1) is 0 Å². The number of carbonyl (C=O) groups is 1. The van der Waals surface area contributed by atoms with Gasteiger partial charge in [-0.2, -0.15) is 0 Å². The minimum Gasteiger partial charge on any atom is -0.467 e. The Balaban J connectivity index is 1.73. The van der Waals surface area contributed by atoms with Crippen molar-refractivity contribution in [3.05, 3.63) is 82.5 Å². The third-order valence-electron chi connectivity index (χ3n) is 4.37. The summed E-state index contributed by atoms with van der Waals surface area (Å²) in [6.07, 6.45) is 2.92. The number of hydrogen-bond acceptors (Lipinski definition) is 4. The zero-order chi connectivity index (χ0) is 17.4. The number of nitrogens with one attached hydrogen (secondary N) is 1. The molecule has 1 atom stereocenters. The van der Waals surface area contributed by atoms with Gasteiger partial charge in [0.2, 0.25) is 0 Å². The van der Waals surface area contributed by atoms with Gasteiger partial charge >= 0.3 is 0 Å². The third kappa shape index (κ3) is 2.76. The molecule has 1 N–H and O–H groups in total. The van der Waals surface area contributed by atoms with Crippen LogP contribution in [0.5, 0.6) is 0 Å². The third-order valence-corrected chi connectivity index (χ3v) is 4.78. The number of rotatable bonds is 4. The summed E-state index contributed by atoms with van der Waals surface area (Å²) in [6.45, 7) is 2.30. The molecule has 3 aromatic rings. The molecule has 6 heteroatoms. The lowest BCUT2D eigenvalue weighted by Crippen LogP contribution is -2.32. The summed E-state index contributed by atoms with van der Waals surface area (Å²) in [5.41, 5.74) is 3.11. The van der Waals surface area contributed by atoms with Crippen molar-refractivity contribution in [3.63, 3.8) is 0 Å². The number of furan rings is 1. The molecule has 0 fully saturated rings. The van der Waals surface area contributed by atoms with Crippen LogP contribution in [0, 0.1) is 6.92 Å². The lowest BCUT2D eigenvalue weighted by atomic mass is 10.1. The molecule has 0 radical (unpaired) electrons. The summed E-state index contributed by atoms with van der Waals surface area (Å²) in [5.74, 6) is 0.646. The maximum atomic E-state index is 12.9. The Labute approximate surface area is 150 Å². The van der Waals surface area contributed by atoms with Gasteiger partial charge in [0, 0.05) is 16.9 Å². The molecule has 5 nitrogen and oxygen atoms in total. The SMILES string of the molecule is Cc1c(Cl)cccc1N[C@@H]1c2ncccc2C(=O)N1Cc1ccco1. The van der Waals surface area contributed by atoms with E-state index in [9.17, 15) is 4.79 Å². The maximum Gasteiger partial charge on any atom is 0.258 e. The number of pyridine rings is 1. The molecule has 126 valence electrons. The smallest absolute Gasteiger partial charge is 0.258 e. The lowest BCUT2D eigenvalue weighted by molar-refractivity contribution is 0.0714. The van der Waals surface area contributed by atoms with Crippen molar-refractivity contribution >= 4 is 23.2 Å². The number of hydrogen-bond donors (Lipinski definition) is 1. The predicted octanol–water partition coefficient (Wildman–Crippen LogP) is 4.40. The van der Waals surface area contributed by atoms with E-state index in [4.69, 9.17) is 16.0 Å². The number of aromatic nitrogens is 1. The molecule has 0 spiro atoms. The summed E-state index contributed by atoms with van der Waals surface area (Å²) < 4.78 is 5.42. The number of carbonyl (C=O) groups excluding carboxylic acids is 1. The summed E-state index contributed by atoms with van der Waals surface area (Å²) >= 11 is 6.23. The second-order valence-electron chi connectivity index (χ2n) is 5.91. The molecule has 25 heavy (non-hydrogen) atoms. The van der Waals surface area contributed by atoms with E-state index in [1.54, 1.807) is 29.5 Å². The average Bonchev–Trinajstić information content (AvgIpc) is 3.22. The summed E-state index contributed by atoms with van der Waals surface area (Å²) in [7, 11) is 0. The van der Waals surface area contributed by atoms with Crippen LogP contribution in [0.25, 0.3) is 0 Å². The predicted molar refractivity (Wildman–Crippen MR) is 95.4 cm³/mol. The highest BCUT2D eigenvalue weighted by molar-refractivity contribution is 6.31. The van der Waals surface area contributed by atoms with Crippen LogP contribution in [0.3, 0.4) is 0 Å². The normalized spacial score (nSPS) is 16.2. The van der Waals surface area contributed by atoms with Gasteiger partial charge in [-0.05, 0) is 48.9 Å². The van der Waals surface area contributed by atoms with E-state index >= 15 is 0 Å². The quantitative estimate of drug-likeness (QED) is 0.755. The minimum atomic E-state index is -0.383. The van der Waals surface area contributed by atoms with Gasteiger partial charge in [0.1, 0.15) is 11.9 Å². The molecule has 0 unspecified atom stereocenters. The molecule has 0 bridgehead atoms. The Bertz CT molecular complexity index is 924. The van der Waals surface area contributed by atoms with Gasteiger partial charge in [0.25, 0.3) is 5.91 Å². The van der Waals surface area contributed by atoms with Crippen LogP contribution in [0.15, 0.2) is 59.3 Å². The molecule has 0 saturated heterocycles. The zero-order valence-corrected chi connectivity index (χ0v) is 14.3. The fraction of sp³-hybridized carbons (Fsp3) is 0.158. The van der Waals surface area contributed by atoms with Gasteiger partial charge in [0.15, 0.2) is 0 Å². The highest BCUT2D eigenvalue weighted by Gasteiger charge is 2.38. The first kappa shape index (κ1) is 15.7. The van der Waals surface area contributed by atoms with Crippen LogP contribution >= 0.6 is 11.6 Å². The van der Waals surface area contributed by atoms with Crippen molar-refractivity contribution in [1.82, 2.24) is 9.88 Å². The van der Waals surface area contributed by atoms with E-state index < -0.39 is 0 Å². The summed E-state index contributed by atoms with van der Waals surface area (Å²) in [6, 6.07) is 12.9. The first-order valence-electron chi connectivity index (χ1n) is 7.95. The monoisotopic (exact) mass is 353 g/mol. The average molecular weight is 354 g/mol. The molecule has 2 aromatic heterocycles. The Hall–Kier alpha value is -2.79. The van der Waals surface area contributed by atoms with Gasteiger partial charge in [-0.25, -0.2) is 0 Å². The second kappa shape index (κ2) is 6.26. The van der Waals surface area contributed by atoms with Crippen LogP contribution in [-0.4, -0.2) is 15.8 Å². The minimum absolute atomic E-state index is 0.0725. The first-order valence-corrected chi connectivity index (χ1v) is 8.33. The standard InChI is InChI=1S/C19H16ClN3O2/c1-12-15(20)7-2-8-16(12)22-18-17-14(6-3-9-21-17)19(24)23(18)11-13-5-4-10-25-13/h2-10,18,22H,11H2,1H3/t18-/m0/s1. The molecule has 0 aliphatic carbocycles. The van der Waals surface area contributed by atoms with Crippen LogP contribution in [-0.2, 0) is 6.54 Å². The Kier molecular flexibility index (Phi) is 3.93. The van der Waals surface area contributed by atoms with Gasteiger partial charge in [0.05, 0.1) is 24.1 Å². The molecule has 1 aliphatic heterocycles. The number of amides is 1. The number of anilines is 1. The molecule has 1 aromatic carbocycles. The largest absolute Gasteiger partial charge is 0.467 e. The Morgan fingerprint density at radius 2 is 2.12 bits per heavy atom. The van der Waals surface area contributed by atoms with Crippen molar-refractivity contribution < 1.29 is 9.21 Å². The van der Waals surface area contributed by atoms with Gasteiger partial charge in [-0.1, -0.05) is 17.7 Å². The van der Waals surface area contributed by atoms with E-state index in [2.05, 4.69) is 10.3 Å².